The first kappa shape index (κ1) is 25.2. The molecule has 0 aliphatic carbocycles. The molecule has 1 aliphatic heterocycles. The van der Waals surface area contributed by atoms with Crippen molar-refractivity contribution in [3.05, 3.63) is 60.2 Å². The van der Waals surface area contributed by atoms with Crippen LogP contribution in [-0.4, -0.2) is 51.6 Å². The first-order valence-corrected chi connectivity index (χ1v) is 13.8. The van der Waals surface area contributed by atoms with Gasteiger partial charge in [-0.25, -0.2) is 13.2 Å². The summed E-state index contributed by atoms with van der Waals surface area (Å²) in [6.45, 7) is -0.195. The van der Waals surface area contributed by atoms with Gasteiger partial charge in [-0.05, 0) is 53.9 Å². The topological polar surface area (TPSA) is 127 Å². The van der Waals surface area contributed by atoms with Crippen LogP contribution < -0.4 is 9.57 Å². The van der Waals surface area contributed by atoms with Crippen molar-refractivity contribution < 1.29 is 35.5 Å². The summed E-state index contributed by atoms with van der Waals surface area (Å²) < 4.78 is 58.1. The highest BCUT2D eigenvalue weighted by Crippen LogP contribution is 2.33. The van der Waals surface area contributed by atoms with E-state index < -0.39 is 41.8 Å². The Morgan fingerprint density at radius 1 is 1.00 bits per heavy atom. The van der Waals surface area contributed by atoms with Crippen LogP contribution >= 0.6 is 0 Å². The number of hydrogen-bond donors (Lipinski definition) is 2. The number of aliphatic carboxylic acids is 1. The van der Waals surface area contributed by atoms with E-state index in [0.717, 1.165) is 6.42 Å². The summed E-state index contributed by atoms with van der Waals surface area (Å²) in [5.74, 6) is -1.41. The lowest BCUT2D eigenvalue weighted by atomic mass is 10.0. The van der Waals surface area contributed by atoms with Crippen LogP contribution in [0.3, 0.4) is 0 Å². The molecule has 1 aliphatic rings. The monoisotopic (exact) mass is 497 g/mol. The van der Waals surface area contributed by atoms with E-state index in [2.05, 4.69) is 4.83 Å². The van der Waals surface area contributed by atoms with Crippen molar-refractivity contribution in [3.63, 3.8) is 0 Å². The van der Waals surface area contributed by atoms with Gasteiger partial charge in [0.2, 0.25) is 6.04 Å². The molecule has 0 amide bonds. The van der Waals surface area contributed by atoms with Gasteiger partial charge in [-0.15, -0.1) is 4.00 Å². The van der Waals surface area contributed by atoms with Crippen LogP contribution in [0.4, 0.5) is 0 Å². The average Bonchev–Trinajstić information content (AvgIpc) is 2.75. The van der Waals surface area contributed by atoms with E-state index >= 15 is 0 Å². The number of rotatable bonds is 8. The number of ether oxygens (including phenoxy) is 1. The lowest BCUT2D eigenvalue weighted by Gasteiger charge is -2.40. The third-order valence-corrected chi connectivity index (χ3v) is 9.47. The van der Waals surface area contributed by atoms with Crippen molar-refractivity contribution in [2.75, 3.05) is 13.7 Å². The average molecular weight is 498 g/mol. The van der Waals surface area contributed by atoms with Gasteiger partial charge in [0.05, 0.1) is 12.9 Å². The number of methoxy groups -OCH3 is 1. The van der Waals surface area contributed by atoms with Crippen molar-refractivity contribution in [1.29, 1.82) is 0 Å². The minimum Gasteiger partial charge on any atom is -0.497 e. The van der Waals surface area contributed by atoms with Crippen LogP contribution in [0.25, 0.3) is 0 Å². The molecule has 0 spiro atoms. The standard InChI is InChI=1S/C22H28N2O7S2/c1-31-19-12-14-20(15-13-19)33(29,30)24(16-8-3-2-7-11-21(24)22(25)26)23-32(27,28)17-18-9-5-4-6-10-18/h4-6,9-10,12-15,21,23H,2-3,7-8,11,16-17H2,1H3/p+1/t21-,24-/m1/s1. The maximum atomic E-state index is 14.0. The number of quaternary nitrogens is 1. The number of sulfonamides is 2. The lowest BCUT2D eigenvalue weighted by Crippen LogP contribution is -2.70. The Labute approximate surface area is 194 Å². The smallest absolute Gasteiger partial charge is 0.365 e. The molecule has 1 fully saturated rings. The molecule has 33 heavy (non-hydrogen) atoms. The van der Waals surface area contributed by atoms with Crippen molar-refractivity contribution in [3.8, 4) is 5.75 Å². The van der Waals surface area contributed by atoms with Gasteiger partial charge in [0.25, 0.3) is 10.0 Å². The fourth-order valence-electron chi connectivity index (χ4n) is 4.15. The van der Waals surface area contributed by atoms with Crippen LogP contribution in [0.1, 0.15) is 37.7 Å². The summed E-state index contributed by atoms with van der Waals surface area (Å²) in [4.78, 5) is 14.5. The summed E-state index contributed by atoms with van der Waals surface area (Å²) in [5, 5.41) is 10.0. The fraction of sp³-hybridized carbons (Fsp3) is 0.409. The van der Waals surface area contributed by atoms with Crippen LogP contribution in [0.2, 0.25) is 0 Å². The molecule has 2 N–H and O–H groups in total. The van der Waals surface area contributed by atoms with Gasteiger partial charge in [-0.2, -0.15) is 8.42 Å². The third kappa shape index (κ3) is 5.55. The molecule has 2 aromatic carbocycles. The van der Waals surface area contributed by atoms with Crippen molar-refractivity contribution in [2.24, 2.45) is 0 Å². The molecule has 11 heteroatoms. The predicted octanol–water partition coefficient (Wildman–Crippen LogP) is 2.65. The van der Waals surface area contributed by atoms with Crippen LogP contribution in [-0.2, 0) is 30.6 Å². The second-order valence-electron chi connectivity index (χ2n) is 8.06. The Morgan fingerprint density at radius 3 is 2.24 bits per heavy atom. The number of carbonyl (C=O) groups is 1. The SMILES string of the molecule is COc1ccc(S(=O)(=O)[N@+]2(NS(=O)(=O)Cc3ccccc3)CCCCCC[C@@H]2C(=O)O)cc1. The molecular formula is C22H29N2O7S2+. The Balaban J connectivity index is 2.14. The molecule has 3 rings (SSSR count). The molecular weight excluding hydrogens is 468 g/mol. The Hall–Kier alpha value is -2.47. The fourth-order valence-corrected chi connectivity index (χ4v) is 8.02. The minimum absolute atomic E-state index is 0.0264. The molecule has 0 aromatic heterocycles. The summed E-state index contributed by atoms with van der Waals surface area (Å²) in [5.41, 5.74) is 0.462. The van der Waals surface area contributed by atoms with Gasteiger partial charge >= 0.3 is 16.0 Å². The van der Waals surface area contributed by atoms with E-state index in [1.807, 2.05) is 0 Å². The highest BCUT2D eigenvalue weighted by Gasteiger charge is 2.56. The number of nitrogens with one attached hydrogen (secondary N) is 1. The molecule has 0 bridgehead atoms. The highest BCUT2D eigenvalue weighted by molar-refractivity contribution is 7.90. The summed E-state index contributed by atoms with van der Waals surface area (Å²) in [6.07, 6.45) is 2.29. The number of hydrogen-bond acceptors (Lipinski definition) is 6. The minimum atomic E-state index is -4.50. The van der Waals surface area contributed by atoms with Gasteiger partial charge in [-0.3, -0.25) is 0 Å². The lowest BCUT2D eigenvalue weighted by molar-refractivity contribution is -0.856. The molecule has 1 heterocycles. The summed E-state index contributed by atoms with van der Waals surface area (Å²) in [7, 11) is -7.29. The number of nitrogens with zero attached hydrogens (tertiary/aromatic N) is 1. The molecule has 1 saturated heterocycles. The molecule has 180 valence electrons. The highest BCUT2D eigenvalue weighted by atomic mass is 32.2. The van der Waals surface area contributed by atoms with Crippen molar-refractivity contribution in [1.82, 2.24) is 4.83 Å². The van der Waals surface area contributed by atoms with E-state index in [4.69, 9.17) is 4.74 Å². The van der Waals surface area contributed by atoms with E-state index in [0.29, 0.717) is 30.6 Å². The van der Waals surface area contributed by atoms with Crippen molar-refractivity contribution >= 4 is 26.0 Å². The Kier molecular flexibility index (Phi) is 7.78. The number of carboxylic acid groups (broad SMARTS) is 1. The molecule has 9 nitrogen and oxygen atoms in total. The Morgan fingerprint density at radius 2 is 1.64 bits per heavy atom. The zero-order chi connectivity index (χ0) is 24.1. The number of benzene rings is 2. The maximum Gasteiger partial charge on any atom is 0.365 e. The number of carboxylic acids is 1. The van der Waals surface area contributed by atoms with Crippen molar-refractivity contribution in [2.45, 2.75) is 48.8 Å². The second kappa shape index (κ2) is 10.2. The predicted molar refractivity (Wildman–Crippen MR) is 122 cm³/mol. The second-order valence-corrected chi connectivity index (χ2v) is 11.8. The first-order valence-electron chi connectivity index (χ1n) is 10.7. The van der Waals surface area contributed by atoms with E-state index in [1.54, 1.807) is 30.3 Å². The zero-order valence-corrected chi connectivity index (χ0v) is 20.0. The van der Waals surface area contributed by atoms with Gasteiger partial charge in [-0.1, -0.05) is 36.8 Å². The normalized spacial score (nSPS) is 22.2. The van der Waals surface area contributed by atoms with E-state index in [9.17, 15) is 26.7 Å². The van der Waals surface area contributed by atoms with E-state index in [-0.39, 0.29) is 17.9 Å². The molecule has 2 aromatic rings. The Bertz CT molecular complexity index is 1170. The maximum absolute atomic E-state index is 14.0. The van der Waals surface area contributed by atoms with Gasteiger partial charge in [0, 0.05) is 6.42 Å². The van der Waals surface area contributed by atoms with E-state index in [1.165, 1.54) is 31.4 Å². The molecule has 2 atom stereocenters. The summed E-state index contributed by atoms with van der Waals surface area (Å²) >= 11 is 0. The summed E-state index contributed by atoms with van der Waals surface area (Å²) in [6, 6.07) is 12.3. The van der Waals surface area contributed by atoms with Crippen LogP contribution in [0, 0.1) is 0 Å². The molecule has 0 saturated carbocycles. The van der Waals surface area contributed by atoms with Crippen LogP contribution in [0.15, 0.2) is 59.5 Å². The largest absolute Gasteiger partial charge is 0.497 e. The van der Waals surface area contributed by atoms with Gasteiger partial charge in [0.1, 0.15) is 17.2 Å². The van der Waals surface area contributed by atoms with Gasteiger partial charge < -0.3 is 9.84 Å². The van der Waals surface area contributed by atoms with Crippen LogP contribution in [0.5, 0.6) is 5.75 Å². The first-order chi connectivity index (χ1) is 15.6. The van der Waals surface area contributed by atoms with Gasteiger partial charge in [0.15, 0.2) is 0 Å². The zero-order valence-electron chi connectivity index (χ0n) is 18.4. The quantitative estimate of drug-likeness (QED) is 0.537. The molecule has 0 unspecified atom stereocenters. The third-order valence-electron chi connectivity index (χ3n) is 5.79. The molecule has 0 radical (unpaired) electrons.